The molecular formula is C16H15NO4. The van der Waals surface area contributed by atoms with Gasteiger partial charge in [-0.05, 0) is 35.9 Å². The van der Waals surface area contributed by atoms with Gasteiger partial charge in [-0.15, -0.1) is 0 Å². The highest BCUT2D eigenvalue weighted by atomic mass is 16.5. The van der Waals surface area contributed by atoms with Crippen molar-refractivity contribution in [1.82, 2.24) is 4.98 Å². The van der Waals surface area contributed by atoms with E-state index in [2.05, 4.69) is 4.98 Å². The second-order valence-electron chi connectivity index (χ2n) is 4.22. The van der Waals surface area contributed by atoms with Crippen LogP contribution < -0.4 is 9.47 Å². The summed E-state index contributed by atoms with van der Waals surface area (Å²) in [5.41, 5.74) is 2.38. The van der Waals surface area contributed by atoms with Crippen LogP contribution in [0, 0.1) is 0 Å². The molecule has 0 unspecified atom stereocenters. The van der Waals surface area contributed by atoms with Crippen molar-refractivity contribution < 1.29 is 19.4 Å². The van der Waals surface area contributed by atoms with E-state index in [1.165, 1.54) is 6.08 Å². The quantitative estimate of drug-likeness (QED) is 0.855. The number of ether oxygens (including phenoxy) is 2. The zero-order chi connectivity index (χ0) is 15.2. The average Bonchev–Trinajstić information content (AvgIpc) is 2.52. The Labute approximate surface area is 122 Å². The largest absolute Gasteiger partial charge is 0.493 e. The number of aromatic nitrogens is 1. The van der Waals surface area contributed by atoms with Gasteiger partial charge in [0, 0.05) is 17.8 Å². The summed E-state index contributed by atoms with van der Waals surface area (Å²) in [4.78, 5) is 14.8. The maximum absolute atomic E-state index is 10.5. The third kappa shape index (κ3) is 3.60. The number of nitrogens with zero attached hydrogens (tertiary/aromatic N) is 1. The number of hydrogen-bond acceptors (Lipinski definition) is 4. The van der Waals surface area contributed by atoms with Gasteiger partial charge in [-0.2, -0.15) is 0 Å². The molecule has 1 aromatic heterocycles. The molecule has 0 saturated carbocycles. The molecular weight excluding hydrogens is 270 g/mol. The van der Waals surface area contributed by atoms with Gasteiger partial charge in [0.05, 0.1) is 19.9 Å². The van der Waals surface area contributed by atoms with Crippen LogP contribution in [0.4, 0.5) is 0 Å². The maximum Gasteiger partial charge on any atom is 0.328 e. The van der Waals surface area contributed by atoms with Crippen LogP contribution in [-0.4, -0.2) is 30.3 Å². The number of hydrogen-bond donors (Lipinski definition) is 1. The summed E-state index contributed by atoms with van der Waals surface area (Å²) in [6.45, 7) is 0. The maximum atomic E-state index is 10.5. The Morgan fingerprint density at radius 2 is 1.90 bits per heavy atom. The summed E-state index contributed by atoms with van der Waals surface area (Å²) < 4.78 is 10.4. The van der Waals surface area contributed by atoms with Crippen LogP contribution in [0.5, 0.6) is 11.5 Å². The lowest BCUT2D eigenvalue weighted by atomic mass is 10.1. The van der Waals surface area contributed by atoms with Crippen LogP contribution in [0.25, 0.3) is 17.3 Å². The Morgan fingerprint density at radius 1 is 1.14 bits per heavy atom. The van der Waals surface area contributed by atoms with Gasteiger partial charge >= 0.3 is 5.97 Å². The average molecular weight is 285 g/mol. The highest BCUT2D eigenvalue weighted by molar-refractivity contribution is 5.85. The van der Waals surface area contributed by atoms with Gasteiger partial charge in [0.25, 0.3) is 0 Å². The van der Waals surface area contributed by atoms with E-state index in [-0.39, 0.29) is 0 Å². The lowest BCUT2D eigenvalue weighted by Crippen LogP contribution is -1.92. The molecule has 2 rings (SSSR count). The molecule has 1 N–H and O–H groups in total. The molecule has 0 aliphatic rings. The molecule has 0 saturated heterocycles. The Bertz CT molecular complexity index is 662. The van der Waals surface area contributed by atoms with Crippen LogP contribution in [0.3, 0.4) is 0 Å². The minimum absolute atomic E-state index is 0.631. The smallest absolute Gasteiger partial charge is 0.328 e. The third-order valence-corrected chi connectivity index (χ3v) is 2.88. The first-order chi connectivity index (χ1) is 10.1. The number of pyridine rings is 1. The van der Waals surface area contributed by atoms with Crippen molar-refractivity contribution in [1.29, 1.82) is 0 Å². The van der Waals surface area contributed by atoms with Gasteiger partial charge in [0.15, 0.2) is 11.5 Å². The van der Waals surface area contributed by atoms with Crippen LogP contribution in [-0.2, 0) is 4.79 Å². The molecule has 5 heteroatoms. The number of carboxylic acid groups (broad SMARTS) is 1. The molecule has 108 valence electrons. The minimum atomic E-state index is -0.987. The van der Waals surface area contributed by atoms with Crippen molar-refractivity contribution in [3.63, 3.8) is 0 Å². The van der Waals surface area contributed by atoms with Crippen molar-refractivity contribution in [2.24, 2.45) is 0 Å². The van der Waals surface area contributed by atoms with Gasteiger partial charge in [0.2, 0.25) is 0 Å². The van der Waals surface area contributed by atoms with E-state index < -0.39 is 5.97 Å². The second kappa shape index (κ2) is 6.56. The minimum Gasteiger partial charge on any atom is -0.493 e. The fourth-order valence-corrected chi connectivity index (χ4v) is 1.84. The molecule has 0 aliphatic carbocycles. The Kier molecular flexibility index (Phi) is 4.56. The molecule has 0 spiro atoms. The van der Waals surface area contributed by atoms with Gasteiger partial charge < -0.3 is 14.6 Å². The van der Waals surface area contributed by atoms with E-state index in [0.29, 0.717) is 11.5 Å². The SMILES string of the molecule is COc1ccc(-c2ccc(/C=C/C(=O)O)cn2)cc1OC. The molecule has 5 nitrogen and oxygen atoms in total. The lowest BCUT2D eigenvalue weighted by Gasteiger charge is -2.09. The van der Waals surface area contributed by atoms with Crippen molar-refractivity contribution in [3.05, 3.63) is 48.2 Å². The zero-order valence-electron chi connectivity index (χ0n) is 11.7. The number of benzene rings is 1. The highest BCUT2D eigenvalue weighted by Crippen LogP contribution is 2.31. The molecule has 0 amide bonds. The van der Waals surface area contributed by atoms with Crippen LogP contribution in [0.2, 0.25) is 0 Å². The molecule has 2 aromatic rings. The topological polar surface area (TPSA) is 68.7 Å². The molecule has 21 heavy (non-hydrogen) atoms. The van der Waals surface area contributed by atoms with Crippen LogP contribution >= 0.6 is 0 Å². The Balaban J connectivity index is 2.28. The summed E-state index contributed by atoms with van der Waals surface area (Å²) in [6, 6.07) is 9.17. The molecule has 0 fully saturated rings. The van der Waals surface area contributed by atoms with Gasteiger partial charge in [0.1, 0.15) is 0 Å². The standard InChI is InChI=1S/C16H15NO4/c1-20-14-7-5-12(9-15(14)21-2)13-6-3-11(10-17-13)4-8-16(18)19/h3-10H,1-2H3,(H,18,19)/b8-4+. The number of rotatable bonds is 5. The summed E-state index contributed by atoms with van der Waals surface area (Å²) >= 11 is 0. The number of carboxylic acids is 1. The molecule has 0 aliphatic heterocycles. The van der Waals surface area contributed by atoms with Crippen molar-refractivity contribution in [3.8, 4) is 22.8 Å². The van der Waals surface area contributed by atoms with Crippen LogP contribution in [0.15, 0.2) is 42.6 Å². The van der Waals surface area contributed by atoms with E-state index in [1.807, 2.05) is 24.3 Å². The van der Waals surface area contributed by atoms with E-state index >= 15 is 0 Å². The predicted octanol–water partition coefficient (Wildman–Crippen LogP) is 2.86. The number of methoxy groups -OCH3 is 2. The first-order valence-corrected chi connectivity index (χ1v) is 6.23. The fourth-order valence-electron chi connectivity index (χ4n) is 1.84. The first-order valence-electron chi connectivity index (χ1n) is 6.23. The third-order valence-electron chi connectivity index (χ3n) is 2.88. The van der Waals surface area contributed by atoms with Gasteiger partial charge in [-0.3, -0.25) is 4.98 Å². The van der Waals surface area contributed by atoms with Crippen molar-refractivity contribution in [2.45, 2.75) is 0 Å². The normalized spacial score (nSPS) is 10.6. The number of carbonyl (C=O) groups is 1. The summed E-state index contributed by atoms with van der Waals surface area (Å²) in [6.07, 6.45) is 4.19. The van der Waals surface area contributed by atoms with Crippen molar-refractivity contribution >= 4 is 12.0 Å². The van der Waals surface area contributed by atoms with E-state index in [9.17, 15) is 4.79 Å². The Morgan fingerprint density at radius 3 is 2.48 bits per heavy atom. The van der Waals surface area contributed by atoms with Gasteiger partial charge in [-0.25, -0.2) is 4.79 Å². The monoisotopic (exact) mass is 285 g/mol. The second-order valence-corrected chi connectivity index (χ2v) is 4.22. The van der Waals surface area contributed by atoms with E-state index in [1.54, 1.807) is 26.5 Å². The molecule has 0 bridgehead atoms. The molecule has 1 heterocycles. The van der Waals surface area contributed by atoms with E-state index in [4.69, 9.17) is 14.6 Å². The highest BCUT2D eigenvalue weighted by Gasteiger charge is 2.06. The zero-order valence-corrected chi connectivity index (χ0v) is 11.7. The van der Waals surface area contributed by atoms with E-state index in [0.717, 1.165) is 22.9 Å². The molecule has 0 atom stereocenters. The molecule has 1 aromatic carbocycles. The van der Waals surface area contributed by atoms with Crippen molar-refractivity contribution in [2.75, 3.05) is 14.2 Å². The predicted molar refractivity (Wildman–Crippen MR) is 79.4 cm³/mol. The van der Waals surface area contributed by atoms with Gasteiger partial charge in [-0.1, -0.05) is 6.07 Å². The van der Waals surface area contributed by atoms with Crippen LogP contribution in [0.1, 0.15) is 5.56 Å². The number of aliphatic carboxylic acids is 1. The summed E-state index contributed by atoms with van der Waals surface area (Å²) in [7, 11) is 3.16. The Hall–Kier alpha value is -2.82. The summed E-state index contributed by atoms with van der Waals surface area (Å²) in [5, 5.41) is 8.58. The first kappa shape index (κ1) is 14.6. The summed E-state index contributed by atoms with van der Waals surface area (Å²) in [5.74, 6) is 0.299. The molecule has 0 radical (unpaired) electrons. The fraction of sp³-hybridized carbons (Fsp3) is 0.125. The lowest BCUT2D eigenvalue weighted by molar-refractivity contribution is -0.131.